The average Bonchev–Trinajstić information content (AvgIpc) is 2.74. The Hall–Kier alpha value is -3.50. The highest BCUT2D eigenvalue weighted by molar-refractivity contribution is 5.41. The Labute approximate surface area is 174 Å². The maximum Gasteiger partial charge on any atom is 0.259 e. The van der Waals surface area contributed by atoms with Gasteiger partial charge >= 0.3 is 0 Å². The molecule has 7 heteroatoms. The molecule has 0 aliphatic rings. The van der Waals surface area contributed by atoms with Crippen LogP contribution in [0.15, 0.2) is 48.5 Å². The molecule has 0 aliphatic heterocycles. The van der Waals surface area contributed by atoms with Gasteiger partial charge in [-0.25, -0.2) is 8.78 Å². The van der Waals surface area contributed by atoms with Gasteiger partial charge < -0.3 is 14.4 Å². The molecular formula is C23H21F2N3O2. The molecule has 0 aliphatic carbocycles. The lowest BCUT2D eigenvalue weighted by atomic mass is 10.1. The second-order valence-corrected chi connectivity index (χ2v) is 7.02. The maximum atomic E-state index is 14.6. The first-order valence-corrected chi connectivity index (χ1v) is 9.32. The van der Waals surface area contributed by atoms with Crippen LogP contribution >= 0.6 is 0 Å². The van der Waals surface area contributed by atoms with Crippen molar-refractivity contribution in [2.75, 3.05) is 20.6 Å². The van der Waals surface area contributed by atoms with Crippen molar-refractivity contribution in [2.24, 2.45) is 0 Å². The van der Waals surface area contributed by atoms with E-state index in [1.165, 1.54) is 13.0 Å². The minimum atomic E-state index is -0.929. The van der Waals surface area contributed by atoms with Gasteiger partial charge in [0.25, 0.3) is 11.8 Å². The molecule has 1 heterocycles. The number of hydrogen-bond donors (Lipinski definition) is 0. The topological polar surface area (TPSA) is 58.4 Å². The number of nitrogens with zero attached hydrogens (tertiary/aromatic N) is 3. The van der Waals surface area contributed by atoms with E-state index >= 15 is 0 Å². The van der Waals surface area contributed by atoms with E-state index in [4.69, 9.17) is 14.7 Å². The number of hydrogen-bond acceptors (Lipinski definition) is 5. The summed E-state index contributed by atoms with van der Waals surface area (Å²) >= 11 is 0. The van der Waals surface area contributed by atoms with Gasteiger partial charge in [0.1, 0.15) is 11.5 Å². The fourth-order valence-electron chi connectivity index (χ4n) is 2.71. The van der Waals surface area contributed by atoms with Gasteiger partial charge in [-0.2, -0.15) is 10.2 Å². The molecule has 30 heavy (non-hydrogen) atoms. The molecule has 3 aromatic rings. The van der Waals surface area contributed by atoms with Gasteiger partial charge in [0.15, 0.2) is 11.6 Å². The summed E-state index contributed by atoms with van der Waals surface area (Å²) in [6.07, 6.45) is 0.798. The maximum absolute atomic E-state index is 14.6. The highest BCUT2D eigenvalue weighted by atomic mass is 19.1. The first-order chi connectivity index (χ1) is 14.4. The van der Waals surface area contributed by atoms with E-state index in [1.54, 1.807) is 36.4 Å². The molecule has 0 radical (unpaired) electrons. The first-order valence-electron chi connectivity index (χ1n) is 9.32. The largest absolute Gasteiger partial charge is 0.436 e. The third-order valence-electron chi connectivity index (χ3n) is 4.38. The van der Waals surface area contributed by atoms with Crippen LogP contribution in [0.2, 0.25) is 0 Å². The molecule has 0 spiro atoms. The second-order valence-electron chi connectivity index (χ2n) is 7.02. The van der Waals surface area contributed by atoms with E-state index < -0.39 is 17.5 Å². The van der Waals surface area contributed by atoms with E-state index in [2.05, 4.69) is 9.88 Å². The number of aromatic nitrogens is 1. The van der Waals surface area contributed by atoms with Crippen molar-refractivity contribution in [3.8, 4) is 29.3 Å². The van der Waals surface area contributed by atoms with Crippen LogP contribution in [0.25, 0.3) is 0 Å². The van der Waals surface area contributed by atoms with Crippen molar-refractivity contribution < 1.29 is 18.3 Å². The van der Waals surface area contributed by atoms with Gasteiger partial charge in [-0.05, 0) is 63.3 Å². The zero-order valence-corrected chi connectivity index (χ0v) is 16.9. The Morgan fingerprint density at radius 3 is 2.17 bits per heavy atom. The average molecular weight is 409 g/mol. The Balaban J connectivity index is 1.88. The first kappa shape index (κ1) is 21.2. The summed E-state index contributed by atoms with van der Waals surface area (Å²) in [5.74, 6) is -2.04. The van der Waals surface area contributed by atoms with E-state index in [0.717, 1.165) is 18.5 Å². The van der Waals surface area contributed by atoms with Gasteiger partial charge in [0.2, 0.25) is 0 Å². The van der Waals surface area contributed by atoms with Crippen LogP contribution in [-0.2, 0) is 6.42 Å². The monoisotopic (exact) mass is 409 g/mol. The minimum absolute atomic E-state index is 0.211. The Morgan fingerprint density at radius 2 is 1.57 bits per heavy atom. The molecule has 0 fully saturated rings. The Morgan fingerprint density at radius 1 is 0.967 bits per heavy atom. The van der Waals surface area contributed by atoms with Gasteiger partial charge in [-0.15, -0.1) is 0 Å². The highest BCUT2D eigenvalue weighted by Crippen LogP contribution is 2.33. The van der Waals surface area contributed by atoms with E-state index in [1.807, 2.05) is 26.2 Å². The summed E-state index contributed by atoms with van der Waals surface area (Å²) in [6.45, 7) is 2.14. The van der Waals surface area contributed by atoms with Crippen LogP contribution in [0, 0.1) is 29.9 Å². The smallest absolute Gasteiger partial charge is 0.259 e. The quantitative estimate of drug-likeness (QED) is 0.535. The molecule has 154 valence electrons. The zero-order chi connectivity index (χ0) is 21.7. The molecule has 0 amide bonds. The number of halogens is 2. The molecule has 0 bridgehead atoms. The minimum Gasteiger partial charge on any atom is -0.436 e. The lowest BCUT2D eigenvalue weighted by Crippen LogP contribution is -2.15. The summed E-state index contributed by atoms with van der Waals surface area (Å²) in [4.78, 5) is 5.96. The van der Waals surface area contributed by atoms with Crippen molar-refractivity contribution in [1.29, 1.82) is 5.26 Å². The van der Waals surface area contributed by atoms with Crippen LogP contribution in [0.4, 0.5) is 8.78 Å². The van der Waals surface area contributed by atoms with E-state index in [9.17, 15) is 8.78 Å². The standard InChI is InChI=1S/C23H21F2N3O2/c1-15-20(24)22(29-18-8-4-6-16(12-18)10-11-28(2)3)27-23(21(15)25)30-19-9-5-7-17(13-19)14-26/h4-9,12-13H,10-11H2,1-3H3. The molecule has 0 saturated heterocycles. The molecule has 5 nitrogen and oxygen atoms in total. The molecule has 0 unspecified atom stereocenters. The van der Waals surface area contributed by atoms with Gasteiger partial charge in [-0.3, -0.25) is 0 Å². The van der Waals surface area contributed by atoms with Gasteiger partial charge in [0.05, 0.1) is 11.6 Å². The van der Waals surface area contributed by atoms with Crippen molar-refractivity contribution in [1.82, 2.24) is 9.88 Å². The summed E-state index contributed by atoms with van der Waals surface area (Å²) in [6, 6.07) is 15.4. The molecule has 0 saturated carbocycles. The van der Waals surface area contributed by atoms with Crippen LogP contribution in [0.3, 0.4) is 0 Å². The number of nitriles is 1. The summed E-state index contributed by atoms with van der Waals surface area (Å²) in [5, 5.41) is 8.99. The number of ether oxygens (including phenoxy) is 2. The number of rotatable bonds is 7. The van der Waals surface area contributed by atoms with E-state index in [-0.39, 0.29) is 17.2 Å². The molecule has 0 atom stereocenters. The number of pyridine rings is 1. The fourth-order valence-corrected chi connectivity index (χ4v) is 2.71. The van der Waals surface area contributed by atoms with Crippen LogP contribution < -0.4 is 9.47 Å². The van der Waals surface area contributed by atoms with Crippen molar-refractivity contribution >= 4 is 0 Å². The highest BCUT2D eigenvalue weighted by Gasteiger charge is 2.21. The van der Waals surface area contributed by atoms with Crippen LogP contribution in [-0.4, -0.2) is 30.5 Å². The summed E-state index contributed by atoms with van der Waals surface area (Å²) < 4.78 is 40.2. The third-order valence-corrected chi connectivity index (χ3v) is 4.38. The fraction of sp³-hybridized carbons (Fsp3) is 0.217. The lowest BCUT2D eigenvalue weighted by Gasteiger charge is -2.13. The lowest BCUT2D eigenvalue weighted by molar-refractivity contribution is 0.372. The van der Waals surface area contributed by atoms with Crippen LogP contribution in [0.1, 0.15) is 16.7 Å². The zero-order valence-electron chi connectivity index (χ0n) is 16.9. The van der Waals surface area contributed by atoms with Gasteiger partial charge in [0, 0.05) is 12.1 Å². The predicted molar refractivity (Wildman–Crippen MR) is 109 cm³/mol. The molecule has 2 aromatic carbocycles. The number of benzene rings is 2. The second kappa shape index (κ2) is 9.33. The molecule has 3 rings (SSSR count). The summed E-state index contributed by atoms with van der Waals surface area (Å²) in [7, 11) is 3.96. The SMILES string of the molecule is Cc1c(F)c(Oc2cccc(C#N)c2)nc(Oc2cccc(CCN(C)C)c2)c1F. The Bertz CT molecular complexity index is 1090. The van der Waals surface area contributed by atoms with Crippen molar-refractivity contribution in [2.45, 2.75) is 13.3 Å². The van der Waals surface area contributed by atoms with E-state index in [0.29, 0.717) is 11.3 Å². The molecular weight excluding hydrogens is 388 g/mol. The van der Waals surface area contributed by atoms with Gasteiger partial charge in [-0.1, -0.05) is 18.2 Å². The van der Waals surface area contributed by atoms with Crippen LogP contribution in [0.5, 0.6) is 23.3 Å². The molecule has 1 aromatic heterocycles. The van der Waals surface area contributed by atoms with Crippen molar-refractivity contribution in [3.05, 3.63) is 76.9 Å². The normalized spacial score (nSPS) is 10.7. The predicted octanol–water partition coefficient (Wildman–Crippen LogP) is 5.23. The Kier molecular flexibility index (Phi) is 6.60. The van der Waals surface area contributed by atoms with Crippen molar-refractivity contribution in [3.63, 3.8) is 0 Å². The molecule has 0 N–H and O–H groups in total. The number of likely N-dealkylation sites (N-methyl/N-ethyl adjacent to an activating group) is 1. The third kappa shape index (κ3) is 5.10. The summed E-state index contributed by atoms with van der Waals surface area (Å²) in [5.41, 5.74) is 1.10.